The molecule has 1 aliphatic rings. The normalized spacial score (nSPS) is 13.8. The number of amides is 2. The Labute approximate surface area is 204 Å². The van der Waals surface area contributed by atoms with Crippen LogP contribution in [0.1, 0.15) is 26.3 Å². The molecular weight excluding hydrogens is 444 g/mol. The van der Waals surface area contributed by atoms with Crippen LogP contribution in [0.2, 0.25) is 0 Å². The molecule has 0 aliphatic carbocycles. The number of rotatable bonds is 7. The Morgan fingerprint density at radius 3 is 2.29 bits per heavy atom. The maximum absolute atomic E-state index is 12.5. The van der Waals surface area contributed by atoms with Crippen molar-refractivity contribution < 1.29 is 19.5 Å². The zero-order valence-electron chi connectivity index (χ0n) is 19.5. The van der Waals surface area contributed by atoms with Crippen LogP contribution in [0.3, 0.4) is 0 Å². The van der Waals surface area contributed by atoms with Crippen LogP contribution in [-0.2, 0) is 4.79 Å². The zero-order chi connectivity index (χ0) is 24.8. The SMILES string of the molecule is Cc1cccc(NC(=O)CN2CCN(c3ccc(NC(=O)c4ccccc4)c(C(=O)O)c3)CC2)c1. The second kappa shape index (κ2) is 10.8. The number of aryl methyl sites for hydroxylation is 1. The lowest BCUT2D eigenvalue weighted by atomic mass is 10.1. The molecule has 4 rings (SSSR count). The number of hydrogen-bond acceptors (Lipinski definition) is 5. The molecule has 0 bridgehead atoms. The van der Waals surface area contributed by atoms with Crippen LogP contribution in [0, 0.1) is 6.92 Å². The van der Waals surface area contributed by atoms with Gasteiger partial charge < -0.3 is 20.6 Å². The average Bonchev–Trinajstić information content (AvgIpc) is 2.85. The molecule has 8 nitrogen and oxygen atoms in total. The summed E-state index contributed by atoms with van der Waals surface area (Å²) in [6, 6.07) is 21.4. The van der Waals surface area contributed by atoms with Gasteiger partial charge in [0, 0.05) is 43.1 Å². The fraction of sp³-hybridized carbons (Fsp3) is 0.222. The van der Waals surface area contributed by atoms with E-state index in [4.69, 9.17) is 0 Å². The van der Waals surface area contributed by atoms with Crippen LogP contribution in [-0.4, -0.2) is 60.5 Å². The lowest BCUT2D eigenvalue weighted by Crippen LogP contribution is -2.48. The van der Waals surface area contributed by atoms with E-state index in [-0.39, 0.29) is 23.1 Å². The topological polar surface area (TPSA) is 102 Å². The monoisotopic (exact) mass is 472 g/mol. The van der Waals surface area contributed by atoms with Gasteiger partial charge in [-0.05, 0) is 55.0 Å². The molecule has 8 heteroatoms. The van der Waals surface area contributed by atoms with Crippen molar-refractivity contribution in [2.45, 2.75) is 6.92 Å². The van der Waals surface area contributed by atoms with E-state index in [9.17, 15) is 19.5 Å². The van der Waals surface area contributed by atoms with Crippen molar-refractivity contribution in [2.24, 2.45) is 0 Å². The third-order valence-corrected chi connectivity index (χ3v) is 5.92. The lowest BCUT2D eigenvalue weighted by Gasteiger charge is -2.36. The van der Waals surface area contributed by atoms with E-state index in [2.05, 4.69) is 20.4 Å². The molecule has 1 saturated heterocycles. The van der Waals surface area contributed by atoms with Crippen molar-refractivity contribution in [3.63, 3.8) is 0 Å². The minimum absolute atomic E-state index is 0.0340. The first-order valence-electron chi connectivity index (χ1n) is 11.5. The summed E-state index contributed by atoms with van der Waals surface area (Å²) in [6.07, 6.45) is 0. The molecule has 1 fully saturated rings. The minimum atomic E-state index is -1.11. The molecule has 35 heavy (non-hydrogen) atoms. The number of hydrogen-bond donors (Lipinski definition) is 3. The van der Waals surface area contributed by atoms with Crippen molar-refractivity contribution in [1.29, 1.82) is 0 Å². The van der Waals surface area contributed by atoms with E-state index in [0.29, 0.717) is 38.3 Å². The highest BCUT2D eigenvalue weighted by Gasteiger charge is 2.21. The summed E-state index contributed by atoms with van der Waals surface area (Å²) in [5.41, 5.74) is 3.38. The van der Waals surface area contributed by atoms with Gasteiger partial charge in [-0.3, -0.25) is 14.5 Å². The summed E-state index contributed by atoms with van der Waals surface area (Å²) in [5, 5.41) is 15.4. The predicted molar refractivity (Wildman–Crippen MR) is 136 cm³/mol. The quantitative estimate of drug-likeness (QED) is 0.485. The van der Waals surface area contributed by atoms with E-state index >= 15 is 0 Å². The van der Waals surface area contributed by atoms with E-state index in [1.807, 2.05) is 43.3 Å². The molecule has 0 atom stereocenters. The number of carboxylic acids is 1. The summed E-state index contributed by atoms with van der Waals surface area (Å²) >= 11 is 0. The number of carbonyl (C=O) groups excluding carboxylic acids is 2. The second-order valence-electron chi connectivity index (χ2n) is 8.54. The molecule has 0 radical (unpaired) electrons. The summed E-state index contributed by atoms with van der Waals surface area (Å²) in [4.78, 5) is 41.0. The van der Waals surface area contributed by atoms with E-state index in [1.54, 1.807) is 36.4 Å². The van der Waals surface area contributed by atoms with Crippen molar-refractivity contribution in [2.75, 3.05) is 48.3 Å². The molecule has 0 spiro atoms. The Kier molecular flexibility index (Phi) is 7.42. The summed E-state index contributed by atoms with van der Waals surface area (Å²) in [7, 11) is 0. The standard InChI is InChI=1S/C27H28N4O4/c1-19-6-5-9-21(16-19)28-25(32)18-30-12-14-31(15-13-30)22-10-11-24(23(17-22)27(34)35)29-26(33)20-7-3-2-4-8-20/h2-11,16-17H,12-15,18H2,1H3,(H,28,32)(H,29,33)(H,34,35). The number of carboxylic acid groups (broad SMARTS) is 1. The average molecular weight is 473 g/mol. The van der Waals surface area contributed by atoms with Crippen LogP contribution in [0.15, 0.2) is 72.8 Å². The number of nitrogens with one attached hydrogen (secondary N) is 2. The fourth-order valence-electron chi connectivity index (χ4n) is 4.09. The number of aromatic carboxylic acids is 1. The molecule has 0 saturated carbocycles. The van der Waals surface area contributed by atoms with E-state index in [0.717, 1.165) is 16.9 Å². The highest BCUT2D eigenvalue weighted by atomic mass is 16.4. The smallest absolute Gasteiger partial charge is 0.337 e. The zero-order valence-corrected chi connectivity index (χ0v) is 19.5. The Bertz CT molecular complexity index is 1220. The first-order valence-corrected chi connectivity index (χ1v) is 11.5. The van der Waals surface area contributed by atoms with Gasteiger partial charge in [0.05, 0.1) is 17.8 Å². The van der Waals surface area contributed by atoms with Crippen LogP contribution in [0.4, 0.5) is 17.1 Å². The van der Waals surface area contributed by atoms with Gasteiger partial charge in [0.25, 0.3) is 5.91 Å². The van der Waals surface area contributed by atoms with Crippen molar-refractivity contribution in [1.82, 2.24) is 4.90 Å². The van der Waals surface area contributed by atoms with Gasteiger partial charge in [-0.1, -0.05) is 30.3 Å². The van der Waals surface area contributed by atoms with Crippen molar-refractivity contribution >= 4 is 34.8 Å². The van der Waals surface area contributed by atoms with Gasteiger partial charge in [-0.25, -0.2) is 4.79 Å². The van der Waals surface area contributed by atoms with Crippen molar-refractivity contribution in [3.05, 3.63) is 89.5 Å². The Hall–Kier alpha value is -4.17. The van der Waals surface area contributed by atoms with Gasteiger partial charge in [-0.15, -0.1) is 0 Å². The Morgan fingerprint density at radius 2 is 1.60 bits per heavy atom. The molecule has 2 amide bonds. The number of benzene rings is 3. The maximum Gasteiger partial charge on any atom is 0.337 e. The van der Waals surface area contributed by atoms with E-state index < -0.39 is 5.97 Å². The Balaban J connectivity index is 1.36. The highest BCUT2D eigenvalue weighted by Crippen LogP contribution is 2.25. The highest BCUT2D eigenvalue weighted by molar-refractivity contribution is 6.08. The third-order valence-electron chi connectivity index (χ3n) is 5.92. The summed E-state index contributed by atoms with van der Waals surface area (Å²) in [5.74, 6) is -1.53. The van der Waals surface area contributed by atoms with Gasteiger partial charge in [0.1, 0.15) is 0 Å². The largest absolute Gasteiger partial charge is 0.478 e. The van der Waals surface area contributed by atoms with Crippen LogP contribution in [0.25, 0.3) is 0 Å². The lowest BCUT2D eigenvalue weighted by molar-refractivity contribution is -0.117. The number of anilines is 3. The van der Waals surface area contributed by atoms with Crippen LogP contribution >= 0.6 is 0 Å². The molecule has 0 unspecified atom stereocenters. The first kappa shape index (κ1) is 24.0. The van der Waals surface area contributed by atoms with Gasteiger partial charge >= 0.3 is 5.97 Å². The van der Waals surface area contributed by atoms with Gasteiger partial charge in [0.2, 0.25) is 5.91 Å². The minimum Gasteiger partial charge on any atom is -0.478 e. The number of carbonyl (C=O) groups is 3. The molecule has 1 aliphatic heterocycles. The molecule has 0 aromatic heterocycles. The Morgan fingerprint density at radius 1 is 0.857 bits per heavy atom. The maximum atomic E-state index is 12.5. The van der Waals surface area contributed by atoms with Crippen molar-refractivity contribution in [3.8, 4) is 0 Å². The predicted octanol–water partition coefficient (Wildman–Crippen LogP) is 3.71. The van der Waals surface area contributed by atoms with Gasteiger partial charge in [-0.2, -0.15) is 0 Å². The van der Waals surface area contributed by atoms with E-state index in [1.165, 1.54) is 0 Å². The summed E-state index contributed by atoms with van der Waals surface area (Å²) < 4.78 is 0. The number of piperazine rings is 1. The van der Waals surface area contributed by atoms with Crippen LogP contribution in [0.5, 0.6) is 0 Å². The summed E-state index contributed by atoms with van der Waals surface area (Å²) in [6.45, 7) is 4.95. The van der Waals surface area contributed by atoms with Gasteiger partial charge in [0.15, 0.2) is 0 Å². The first-order chi connectivity index (χ1) is 16.9. The second-order valence-corrected chi connectivity index (χ2v) is 8.54. The number of nitrogens with zero attached hydrogens (tertiary/aromatic N) is 2. The molecule has 3 aromatic carbocycles. The molecule has 1 heterocycles. The molecule has 3 N–H and O–H groups in total. The molecular formula is C27H28N4O4. The third kappa shape index (κ3) is 6.24. The molecule has 180 valence electrons. The molecule has 3 aromatic rings. The fourth-order valence-corrected chi connectivity index (χ4v) is 4.09. The van der Waals surface area contributed by atoms with Crippen LogP contribution < -0.4 is 15.5 Å².